The number of hydrogen-bond acceptors (Lipinski definition) is 5. The van der Waals surface area contributed by atoms with Crippen molar-refractivity contribution in [2.45, 2.75) is 32.4 Å². The summed E-state index contributed by atoms with van der Waals surface area (Å²) in [4.78, 5) is 28.9. The maximum Gasteiger partial charge on any atom is 0.261 e. The lowest BCUT2D eigenvalue weighted by Gasteiger charge is -2.13. The average molecular weight is 359 g/mol. The van der Waals surface area contributed by atoms with Crippen molar-refractivity contribution in [2.75, 3.05) is 6.61 Å². The maximum absolute atomic E-state index is 12.1. The van der Waals surface area contributed by atoms with Crippen LogP contribution in [0, 0.1) is 5.92 Å². The van der Waals surface area contributed by atoms with Crippen LogP contribution < -0.4 is 15.4 Å². The molecule has 7 heteroatoms. The predicted molar refractivity (Wildman–Crippen MR) is 95.5 cm³/mol. The van der Waals surface area contributed by atoms with Crippen LogP contribution in [0.15, 0.2) is 35.8 Å². The van der Waals surface area contributed by atoms with Gasteiger partial charge in [-0.15, -0.1) is 11.3 Å². The van der Waals surface area contributed by atoms with Gasteiger partial charge in [0.25, 0.3) is 5.91 Å². The SMILES string of the molecule is CC(NC(=O)c1cccs1)C(=O)NCc1ccc(OCC2CC2)nc1. The van der Waals surface area contributed by atoms with E-state index in [4.69, 9.17) is 4.74 Å². The van der Waals surface area contributed by atoms with Gasteiger partial charge in [0.05, 0.1) is 11.5 Å². The summed E-state index contributed by atoms with van der Waals surface area (Å²) in [5.41, 5.74) is 0.879. The number of thiophene rings is 1. The average Bonchev–Trinajstić information content (AvgIpc) is 3.29. The number of amides is 2. The van der Waals surface area contributed by atoms with Gasteiger partial charge in [-0.05, 0) is 42.7 Å². The Kier molecular flexibility index (Phi) is 5.65. The van der Waals surface area contributed by atoms with Crippen LogP contribution in [0.4, 0.5) is 0 Å². The number of ether oxygens (including phenoxy) is 1. The van der Waals surface area contributed by atoms with Gasteiger partial charge in [0.15, 0.2) is 0 Å². The lowest BCUT2D eigenvalue weighted by molar-refractivity contribution is -0.122. The molecular formula is C18H21N3O3S. The first kappa shape index (κ1) is 17.4. The molecule has 6 nitrogen and oxygen atoms in total. The molecule has 2 heterocycles. The zero-order chi connectivity index (χ0) is 17.6. The van der Waals surface area contributed by atoms with Gasteiger partial charge in [-0.1, -0.05) is 12.1 Å². The van der Waals surface area contributed by atoms with Gasteiger partial charge in [-0.3, -0.25) is 9.59 Å². The molecule has 0 spiro atoms. The van der Waals surface area contributed by atoms with Crippen molar-refractivity contribution in [3.63, 3.8) is 0 Å². The third-order valence-electron chi connectivity index (χ3n) is 3.91. The minimum Gasteiger partial charge on any atom is -0.477 e. The second-order valence-electron chi connectivity index (χ2n) is 6.15. The van der Waals surface area contributed by atoms with Crippen LogP contribution in [0.5, 0.6) is 5.88 Å². The molecule has 0 aromatic carbocycles. The lowest BCUT2D eigenvalue weighted by atomic mass is 10.2. The minimum absolute atomic E-state index is 0.237. The molecule has 0 saturated heterocycles. The van der Waals surface area contributed by atoms with E-state index in [-0.39, 0.29) is 11.8 Å². The molecule has 1 unspecified atom stereocenters. The van der Waals surface area contributed by atoms with E-state index >= 15 is 0 Å². The molecular weight excluding hydrogens is 338 g/mol. The maximum atomic E-state index is 12.1. The van der Waals surface area contributed by atoms with E-state index in [0.717, 1.165) is 12.2 Å². The lowest BCUT2D eigenvalue weighted by Crippen LogP contribution is -2.44. The van der Waals surface area contributed by atoms with E-state index in [1.807, 2.05) is 17.5 Å². The summed E-state index contributed by atoms with van der Waals surface area (Å²) in [5.74, 6) is 0.820. The Hall–Kier alpha value is -2.41. The highest BCUT2D eigenvalue weighted by Crippen LogP contribution is 2.29. The van der Waals surface area contributed by atoms with Crippen molar-refractivity contribution >= 4 is 23.2 Å². The molecule has 1 saturated carbocycles. The molecule has 0 aliphatic heterocycles. The second kappa shape index (κ2) is 8.11. The van der Waals surface area contributed by atoms with Gasteiger partial charge in [0, 0.05) is 18.8 Å². The van der Waals surface area contributed by atoms with Crippen molar-refractivity contribution in [3.8, 4) is 5.88 Å². The number of nitrogens with one attached hydrogen (secondary N) is 2. The number of carbonyl (C=O) groups excluding carboxylic acids is 2. The van der Waals surface area contributed by atoms with Crippen molar-refractivity contribution < 1.29 is 14.3 Å². The highest BCUT2D eigenvalue weighted by Gasteiger charge is 2.22. The first-order valence-corrected chi connectivity index (χ1v) is 9.19. The summed E-state index contributed by atoms with van der Waals surface area (Å²) in [6.45, 7) is 2.74. The summed E-state index contributed by atoms with van der Waals surface area (Å²) in [6, 6.07) is 6.61. The van der Waals surface area contributed by atoms with Crippen molar-refractivity contribution in [3.05, 3.63) is 46.3 Å². The van der Waals surface area contributed by atoms with Crippen molar-refractivity contribution in [2.24, 2.45) is 5.92 Å². The number of rotatable bonds is 8. The molecule has 25 heavy (non-hydrogen) atoms. The number of nitrogens with zero attached hydrogens (tertiary/aromatic N) is 1. The monoisotopic (exact) mass is 359 g/mol. The largest absolute Gasteiger partial charge is 0.477 e. The number of hydrogen-bond donors (Lipinski definition) is 2. The van der Waals surface area contributed by atoms with Crippen molar-refractivity contribution in [1.82, 2.24) is 15.6 Å². The summed E-state index contributed by atoms with van der Waals surface area (Å²) in [6.07, 6.45) is 4.17. The van der Waals surface area contributed by atoms with Crippen LogP contribution in [0.25, 0.3) is 0 Å². The van der Waals surface area contributed by atoms with Gasteiger partial charge in [-0.25, -0.2) is 4.98 Å². The summed E-state index contributed by atoms with van der Waals surface area (Å²) >= 11 is 1.34. The molecule has 0 radical (unpaired) electrons. The molecule has 1 fully saturated rings. The molecule has 1 atom stereocenters. The van der Waals surface area contributed by atoms with Crippen molar-refractivity contribution in [1.29, 1.82) is 0 Å². The predicted octanol–water partition coefficient (Wildman–Crippen LogP) is 2.37. The van der Waals surface area contributed by atoms with Gasteiger partial charge in [-0.2, -0.15) is 0 Å². The van der Waals surface area contributed by atoms with Gasteiger partial charge < -0.3 is 15.4 Å². The quantitative estimate of drug-likeness (QED) is 0.758. The van der Waals surface area contributed by atoms with E-state index < -0.39 is 6.04 Å². The van der Waals surface area contributed by atoms with Crippen LogP contribution in [-0.4, -0.2) is 29.4 Å². The zero-order valence-electron chi connectivity index (χ0n) is 14.0. The third-order valence-corrected chi connectivity index (χ3v) is 4.78. The molecule has 3 rings (SSSR count). The Balaban J connectivity index is 1.42. The van der Waals surface area contributed by atoms with Gasteiger partial charge in [0.2, 0.25) is 11.8 Å². The molecule has 2 aromatic rings. The summed E-state index contributed by atoms with van der Waals surface area (Å²) < 4.78 is 5.58. The van der Waals surface area contributed by atoms with Gasteiger partial charge >= 0.3 is 0 Å². The fourth-order valence-electron chi connectivity index (χ4n) is 2.17. The van der Waals surface area contributed by atoms with Crippen LogP contribution in [0.1, 0.15) is 35.0 Å². The molecule has 132 valence electrons. The fourth-order valence-corrected chi connectivity index (χ4v) is 2.80. The molecule has 1 aliphatic rings. The van der Waals surface area contributed by atoms with Crippen LogP contribution in [0.3, 0.4) is 0 Å². The highest BCUT2D eigenvalue weighted by atomic mass is 32.1. The number of pyridine rings is 1. The van der Waals surface area contributed by atoms with Gasteiger partial charge in [0.1, 0.15) is 6.04 Å². The number of carbonyl (C=O) groups is 2. The molecule has 2 aromatic heterocycles. The van der Waals surface area contributed by atoms with Crippen LogP contribution >= 0.6 is 11.3 Å². The fraction of sp³-hybridized carbons (Fsp3) is 0.389. The zero-order valence-corrected chi connectivity index (χ0v) is 14.8. The molecule has 2 N–H and O–H groups in total. The molecule has 1 aliphatic carbocycles. The van der Waals surface area contributed by atoms with Crippen LogP contribution in [0.2, 0.25) is 0 Å². The Morgan fingerprint density at radius 2 is 2.20 bits per heavy atom. The first-order chi connectivity index (χ1) is 12.1. The smallest absolute Gasteiger partial charge is 0.261 e. The van der Waals surface area contributed by atoms with E-state index in [1.54, 1.807) is 25.3 Å². The van der Waals surface area contributed by atoms with Crippen LogP contribution in [-0.2, 0) is 11.3 Å². The highest BCUT2D eigenvalue weighted by molar-refractivity contribution is 7.12. The molecule has 2 amide bonds. The van der Waals surface area contributed by atoms with E-state index in [0.29, 0.717) is 23.2 Å². The Morgan fingerprint density at radius 1 is 1.36 bits per heavy atom. The Morgan fingerprint density at radius 3 is 2.84 bits per heavy atom. The van der Waals surface area contributed by atoms with E-state index in [2.05, 4.69) is 15.6 Å². The topological polar surface area (TPSA) is 80.3 Å². The van der Waals surface area contributed by atoms with E-state index in [1.165, 1.54) is 24.2 Å². The van der Waals surface area contributed by atoms with E-state index in [9.17, 15) is 9.59 Å². The number of aromatic nitrogens is 1. The standard InChI is InChI=1S/C18H21N3O3S/c1-12(21-18(23)15-3-2-8-25-15)17(22)20-10-14-6-7-16(19-9-14)24-11-13-4-5-13/h2-3,6-9,12-13H,4-5,10-11H2,1H3,(H,20,22)(H,21,23). The minimum atomic E-state index is -0.608. The summed E-state index contributed by atoms with van der Waals surface area (Å²) in [7, 11) is 0. The summed E-state index contributed by atoms with van der Waals surface area (Å²) in [5, 5.41) is 7.31. The first-order valence-electron chi connectivity index (χ1n) is 8.31. The third kappa shape index (κ3) is 5.29. The molecule has 0 bridgehead atoms. The Bertz CT molecular complexity index is 712. The Labute approximate surface area is 150 Å². The normalized spacial score (nSPS) is 14.6. The second-order valence-corrected chi connectivity index (χ2v) is 7.10.